The van der Waals surface area contributed by atoms with Crippen molar-refractivity contribution in [3.63, 3.8) is 0 Å². The molecule has 0 aromatic carbocycles. The fourth-order valence-electron chi connectivity index (χ4n) is 1.68. The molecule has 11 heavy (non-hydrogen) atoms. The molecule has 0 N–H and O–H groups in total. The van der Waals surface area contributed by atoms with Crippen molar-refractivity contribution in [2.75, 3.05) is 0 Å². The van der Waals surface area contributed by atoms with Gasteiger partial charge in [-0.25, -0.2) is 0 Å². The number of hydrogen-bond acceptors (Lipinski definition) is 1. The van der Waals surface area contributed by atoms with E-state index in [1.165, 1.54) is 24.8 Å². The van der Waals surface area contributed by atoms with Crippen molar-refractivity contribution in [2.45, 2.75) is 38.7 Å². The first kappa shape index (κ1) is 6.96. The lowest BCUT2D eigenvalue weighted by Gasteiger charge is -2.26. The van der Waals surface area contributed by atoms with Gasteiger partial charge in [-0.05, 0) is 37.8 Å². The minimum Gasteiger partial charge on any atom is -0.490 e. The lowest BCUT2D eigenvalue weighted by molar-refractivity contribution is 0.127. The molecule has 0 saturated carbocycles. The van der Waals surface area contributed by atoms with Gasteiger partial charge in [-0.2, -0.15) is 0 Å². The van der Waals surface area contributed by atoms with E-state index in [1.54, 1.807) is 0 Å². The molecule has 1 aliphatic carbocycles. The maximum atomic E-state index is 5.68. The van der Waals surface area contributed by atoms with Crippen LogP contribution in [0.25, 0.3) is 0 Å². The van der Waals surface area contributed by atoms with E-state index in [0.717, 1.165) is 12.2 Å². The summed E-state index contributed by atoms with van der Waals surface area (Å²) in [6.07, 6.45) is 9.75. The van der Waals surface area contributed by atoms with Gasteiger partial charge in [0.15, 0.2) is 0 Å². The maximum Gasteiger partial charge on any atom is 0.118 e. The molecular formula is C10H14O. The zero-order valence-electron chi connectivity index (χ0n) is 6.97. The molecule has 2 aliphatic rings. The molecule has 60 valence electrons. The van der Waals surface area contributed by atoms with Crippen LogP contribution in [0.4, 0.5) is 0 Å². The summed E-state index contributed by atoms with van der Waals surface area (Å²) in [6, 6.07) is 0. The van der Waals surface area contributed by atoms with Gasteiger partial charge in [0.25, 0.3) is 0 Å². The van der Waals surface area contributed by atoms with E-state index in [2.05, 4.69) is 19.1 Å². The fourth-order valence-corrected chi connectivity index (χ4v) is 1.68. The first-order valence-electron chi connectivity index (χ1n) is 4.42. The Kier molecular flexibility index (Phi) is 1.72. The summed E-state index contributed by atoms with van der Waals surface area (Å²) in [6.45, 7) is 2.13. The summed E-state index contributed by atoms with van der Waals surface area (Å²) >= 11 is 0. The zero-order valence-corrected chi connectivity index (χ0v) is 6.97. The molecular weight excluding hydrogens is 136 g/mol. The first-order chi connectivity index (χ1) is 5.36. The summed E-state index contributed by atoms with van der Waals surface area (Å²) in [5.74, 6) is 1.16. The van der Waals surface area contributed by atoms with Crippen molar-refractivity contribution in [2.24, 2.45) is 0 Å². The molecule has 0 bridgehead atoms. The minimum atomic E-state index is 0.392. The van der Waals surface area contributed by atoms with Crippen LogP contribution in [0.1, 0.15) is 32.6 Å². The van der Waals surface area contributed by atoms with Gasteiger partial charge >= 0.3 is 0 Å². The van der Waals surface area contributed by atoms with E-state index >= 15 is 0 Å². The maximum absolute atomic E-state index is 5.68. The second kappa shape index (κ2) is 2.72. The van der Waals surface area contributed by atoms with Crippen LogP contribution in [-0.2, 0) is 4.74 Å². The highest BCUT2D eigenvalue weighted by Gasteiger charge is 2.17. The quantitative estimate of drug-likeness (QED) is 0.516. The van der Waals surface area contributed by atoms with E-state index in [9.17, 15) is 0 Å². The number of hydrogen-bond donors (Lipinski definition) is 0. The predicted molar refractivity (Wildman–Crippen MR) is 45.2 cm³/mol. The lowest BCUT2D eigenvalue weighted by Crippen LogP contribution is -2.15. The van der Waals surface area contributed by atoms with Crippen molar-refractivity contribution >= 4 is 0 Å². The van der Waals surface area contributed by atoms with E-state index in [-0.39, 0.29) is 0 Å². The van der Waals surface area contributed by atoms with Crippen LogP contribution in [0.3, 0.4) is 0 Å². The largest absolute Gasteiger partial charge is 0.490 e. The molecule has 0 saturated heterocycles. The summed E-state index contributed by atoms with van der Waals surface area (Å²) in [4.78, 5) is 0. The fraction of sp³-hybridized carbons (Fsp3) is 0.600. The highest BCUT2D eigenvalue weighted by atomic mass is 16.5. The van der Waals surface area contributed by atoms with Gasteiger partial charge in [-0.3, -0.25) is 0 Å². The third-order valence-electron chi connectivity index (χ3n) is 2.32. The van der Waals surface area contributed by atoms with Crippen molar-refractivity contribution in [3.8, 4) is 0 Å². The Morgan fingerprint density at radius 1 is 1.45 bits per heavy atom. The molecule has 1 heterocycles. The second-order valence-corrected chi connectivity index (χ2v) is 3.35. The van der Waals surface area contributed by atoms with Crippen LogP contribution in [0.5, 0.6) is 0 Å². The summed E-state index contributed by atoms with van der Waals surface area (Å²) in [7, 11) is 0. The number of fused-ring (bicyclic) bond motifs is 1. The number of allylic oxidation sites excluding steroid dienone is 2. The summed E-state index contributed by atoms with van der Waals surface area (Å²) < 4.78 is 5.68. The highest BCUT2D eigenvalue weighted by molar-refractivity contribution is 5.30. The van der Waals surface area contributed by atoms with Crippen LogP contribution in [0.15, 0.2) is 23.5 Å². The molecule has 1 aliphatic heterocycles. The normalized spacial score (nSPS) is 29.7. The van der Waals surface area contributed by atoms with Gasteiger partial charge in [0.1, 0.15) is 5.76 Å². The Hall–Kier alpha value is -0.720. The van der Waals surface area contributed by atoms with Crippen LogP contribution in [0, 0.1) is 0 Å². The Morgan fingerprint density at radius 3 is 3.27 bits per heavy atom. The molecule has 0 radical (unpaired) electrons. The average molecular weight is 150 g/mol. The van der Waals surface area contributed by atoms with Crippen LogP contribution < -0.4 is 0 Å². The molecule has 1 heteroatoms. The van der Waals surface area contributed by atoms with E-state index < -0.39 is 0 Å². The topological polar surface area (TPSA) is 9.23 Å². The Bertz CT molecular complexity index is 213. The third kappa shape index (κ3) is 1.32. The third-order valence-corrected chi connectivity index (χ3v) is 2.32. The number of ether oxygens (including phenoxy) is 1. The van der Waals surface area contributed by atoms with Gasteiger partial charge < -0.3 is 4.74 Å². The molecule has 1 nitrogen and oxygen atoms in total. The Morgan fingerprint density at radius 2 is 2.36 bits per heavy atom. The van der Waals surface area contributed by atoms with Crippen molar-refractivity contribution in [1.29, 1.82) is 0 Å². The van der Waals surface area contributed by atoms with E-state index in [4.69, 9.17) is 4.74 Å². The Balaban J connectivity index is 2.22. The molecule has 1 atom stereocenters. The smallest absolute Gasteiger partial charge is 0.118 e. The van der Waals surface area contributed by atoms with E-state index in [0.29, 0.717) is 6.10 Å². The van der Waals surface area contributed by atoms with Crippen LogP contribution in [-0.4, -0.2) is 6.10 Å². The Labute approximate surface area is 67.7 Å². The zero-order chi connectivity index (χ0) is 7.68. The molecule has 2 rings (SSSR count). The van der Waals surface area contributed by atoms with E-state index in [1.807, 2.05) is 0 Å². The second-order valence-electron chi connectivity index (χ2n) is 3.35. The van der Waals surface area contributed by atoms with Crippen molar-refractivity contribution in [1.82, 2.24) is 0 Å². The molecule has 1 unspecified atom stereocenters. The molecule has 0 aromatic rings. The van der Waals surface area contributed by atoms with Gasteiger partial charge in [-0.15, -0.1) is 0 Å². The van der Waals surface area contributed by atoms with Crippen molar-refractivity contribution in [3.05, 3.63) is 23.5 Å². The molecule has 0 spiro atoms. The summed E-state index contributed by atoms with van der Waals surface area (Å²) in [5.41, 5.74) is 1.44. The highest BCUT2D eigenvalue weighted by Crippen LogP contribution is 2.30. The van der Waals surface area contributed by atoms with Gasteiger partial charge in [0.2, 0.25) is 0 Å². The number of rotatable bonds is 0. The predicted octanol–water partition coefficient (Wildman–Crippen LogP) is 2.79. The monoisotopic (exact) mass is 150 g/mol. The SMILES string of the molecule is CC1CC=C2CCCC=C2O1. The van der Waals surface area contributed by atoms with Gasteiger partial charge in [-0.1, -0.05) is 6.08 Å². The van der Waals surface area contributed by atoms with Crippen molar-refractivity contribution < 1.29 is 4.74 Å². The van der Waals surface area contributed by atoms with Crippen LogP contribution in [0.2, 0.25) is 0 Å². The first-order valence-corrected chi connectivity index (χ1v) is 4.42. The molecule has 0 fully saturated rings. The average Bonchev–Trinajstić information content (AvgIpc) is 2.04. The standard InChI is InChI=1S/C10H14O/c1-8-6-7-9-4-2-3-5-10(9)11-8/h5,7-8H,2-4,6H2,1H3. The molecule has 0 aromatic heterocycles. The van der Waals surface area contributed by atoms with Gasteiger partial charge in [0.05, 0.1) is 6.10 Å². The lowest BCUT2D eigenvalue weighted by atomic mass is 9.96. The minimum absolute atomic E-state index is 0.392. The summed E-state index contributed by atoms with van der Waals surface area (Å²) in [5, 5.41) is 0. The molecule has 0 amide bonds. The van der Waals surface area contributed by atoms with Gasteiger partial charge in [0, 0.05) is 6.42 Å². The van der Waals surface area contributed by atoms with Crippen LogP contribution >= 0.6 is 0 Å².